The molecule has 1 fully saturated rings. The number of hydrogen-bond donors (Lipinski definition) is 1. The highest BCUT2D eigenvalue weighted by atomic mass is 19.4. The van der Waals surface area contributed by atoms with Gasteiger partial charge < -0.3 is 4.74 Å². The van der Waals surface area contributed by atoms with Crippen LogP contribution in [0.2, 0.25) is 0 Å². The van der Waals surface area contributed by atoms with E-state index in [4.69, 9.17) is 4.74 Å². The molecular formula is C21H23F5N4O. The summed E-state index contributed by atoms with van der Waals surface area (Å²) >= 11 is 0. The molecule has 31 heavy (non-hydrogen) atoms. The van der Waals surface area contributed by atoms with Crippen LogP contribution in [0, 0.1) is 6.92 Å². The van der Waals surface area contributed by atoms with E-state index in [2.05, 4.69) is 22.0 Å². The van der Waals surface area contributed by atoms with Crippen molar-refractivity contribution < 1.29 is 26.7 Å². The summed E-state index contributed by atoms with van der Waals surface area (Å²) in [7, 11) is 0. The first-order chi connectivity index (χ1) is 14.3. The van der Waals surface area contributed by atoms with Crippen LogP contribution < -0.4 is 10.2 Å². The van der Waals surface area contributed by atoms with E-state index in [1.165, 1.54) is 12.1 Å². The van der Waals surface area contributed by atoms with E-state index in [9.17, 15) is 22.0 Å². The zero-order valence-electron chi connectivity index (χ0n) is 17.3. The molecule has 10 heteroatoms. The molecule has 3 rings (SSSR count). The van der Waals surface area contributed by atoms with E-state index in [1.54, 1.807) is 24.9 Å². The maximum atomic E-state index is 13.8. The average molecular weight is 442 g/mol. The Morgan fingerprint density at radius 3 is 2.39 bits per heavy atom. The van der Waals surface area contributed by atoms with Crippen LogP contribution in [0.5, 0.6) is 5.88 Å². The lowest BCUT2D eigenvalue weighted by Gasteiger charge is -2.25. The number of rotatable bonds is 6. The van der Waals surface area contributed by atoms with Gasteiger partial charge in [-0.25, -0.2) is 24.2 Å². The Kier molecular flexibility index (Phi) is 6.33. The zero-order valence-corrected chi connectivity index (χ0v) is 17.3. The van der Waals surface area contributed by atoms with E-state index in [0.29, 0.717) is 17.8 Å². The van der Waals surface area contributed by atoms with Gasteiger partial charge >= 0.3 is 6.18 Å². The summed E-state index contributed by atoms with van der Waals surface area (Å²) in [5.74, 6) is -2.64. The second-order valence-corrected chi connectivity index (χ2v) is 7.78. The van der Waals surface area contributed by atoms with Crippen LogP contribution in [0.3, 0.4) is 0 Å². The van der Waals surface area contributed by atoms with Crippen molar-refractivity contribution in [2.75, 3.05) is 6.54 Å². The third-order valence-electron chi connectivity index (χ3n) is 4.72. The molecule has 2 unspecified atom stereocenters. The normalized spacial score (nSPS) is 20.1. The maximum Gasteiger partial charge on any atom is 0.416 e. The zero-order chi connectivity index (χ0) is 23.0. The van der Waals surface area contributed by atoms with Crippen LogP contribution in [0.25, 0.3) is 11.4 Å². The molecule has 1 saturated heterocycles. The number of nitrogens with one attached hydrogen (secondary N) is 1. The molecule has 2 aromatic rings. The van der Waals surface area contributed by atoms with Gasteiger partial charge in [0.1, 0.15) is 0 Å². The second-order valence-electron chi connectivity index (χ2n) is 7.78. The molecule has 1 aliphatic rings. The van der Waals surface area contributed by atoms with Gasteiger partial charge in [0.15, 0.2) is 12.1 Å². The summed E-state index contributed by atoms with van der Waals surface area (Å²) < 4.78 is 72.0. The minimum absolute atomic E-state index is 0.00937. The number of nitrogens with zero attached hydrogens (tertiary/aromatic N) is 3. The first-order valence-electron chi connectivity index (χ1n) is 9.58. The van der Waals surface area contributed by atoms with Crippen molar-refractivity contribution in [1.29, 1.82) is 0 Å². The highest BCUT2D eigenvalue weighted by Crippen LogP contribution is 2.32. The number of aryl methyl sites for hydroxylation is 1. The molecule has 2 atom stereocenters. The first-order valence-corrected chi connectivity index (χ1v) is 9.58. The van der Waals surface area contributed by atoms with E-state index in [1.807, 2.05) is 0 Å². The fourth-order valence-corrected chi connectivity index (χ4v) is 3.21. The number of alkyl halides is 5. The van der Waals surface area contributed by atoms with Crippen LogP contribution in [-0.2, 0) is 6.18 Å². The molecule has 1 aliphatic heterocycles. The van der Waals surface area contributed by atoms with Crippen molar-refractivity contribution in [3.05, 3.63) is 53.7 Å². The summed E-state index contributed by atoms with van der Waals surface area (Å²) in [4.78, 5) is 8.54. The molecule has 0 radical (unpaired) electrons. The minimum atomic E-state index is -4.44. The summed E-state index contributed by atoms with van der Waals surface area (Å²) in [5.41, 5.74) is 3.64. The van der Waals surface area contributed by atoms with Gasteiger partial charge in [0, 0.05) is 37.2 Å². The van der Waals surface area contributed by atoms with Crippen LogP contribution >= 0.6 is 0 Å². The van der Waals surface area contributed by atoms with Crippen LogP contribution in [0.4, 0.5) is 22.0 Å². The van der Waals surface area contributed by atoms with Crippen molar-refractivity contribution >= 4 is 0 Å². The maximum absolute atomic E-state index is 13.8. The molecule has 2 heterocycles. The third-order valence-corrected chi connectivity index (χ3v) is 4.72. The molecule has 5 nitrogen and oxygen atoms in total. The Labute approximate surface area is 176 Å². The van der Waals surface area contributed by atoms with Crippen molar-refractivity contribution in [2.24, 2.45) is 0 Å². The van der Waals surface area contributed by atoms with Crippen LogP contribution in [0.1, 0.15) is 31.5 Å². The van der Waals surface area contributed by atoms with Gasteiger partial charge in [0.05, 0.1) is 11.6 Å². The predicted octanol–water partition coefficient (Wildman–Crippen LogP) is 4.99. The van der Waals surface area contributed by atoms with E-state index < -0.39 is 29.9 Å². The molecule has 0 saturated carbocycles. The highest BCUT2D eigenvalue weighted by molar-refractivity contribution is 5.56. The first kappa shape index (κ1) is 23.1. The lowest BCUT2D eigenvalue weighted by molar-refractivity contribution is -0.137. The standard InChI is InChI=1S/C21H23F5N4O/c1-12(2)11-30-18(10-16(29-30)20(4,22)23)31-17-9-13(3)27-19(28-17)14-5-7-15(8-6-14)21(24,25)26/h5-9,16,18,29H,1,10-11H2,2-4H3. The monoisotopic (exact) mass is 442 g/mol. The fourth-order valence-electron chi connectivity index (χ4n) is 3.21. The van der Waals surface area contributed by atoms with Gasteiger partial charge in [-0.15, -0.1) is 0 Å². The topological polar surface area (TPSA) is 50.3 Å². The molecule has 0 spiro atoms. The second kappa shape index (κ2) is 8.51. The Hall–Kier alpha value is -2.59. The van der Waals surface area contributed by atoms with E-state index >= 15 is 0 Å². The Bertz CT molecular complexity index is 940. The van der Waals surface area contributed by atoms with Crippen molar-refractivity contribution in [3.8, 4) is 17.3 Å². The van der Waals surface area contributed by atoms with Gasteiger partial charge in [-0.1, -0.05) is 24.3 Å². The molecular weight excluding hydrogens is 419 g/mol. The summed E-state index contributed by atoms with van der Waals surface area (Å²) in [5, 5.41) is 1.54. The number of hydrazine groups is 1. The van der Waals surface area contributed by atoms with E-state index in [-0.39, 0.29) is 18.1 Å². The van der Waals surface area contributed by atoms with Crippen LogP contribution in [-0.4, -0.2) is 39.7 Å². The smallest absolute Gasteiger partial charge is 0.416 e. The van der Waals surface area contributed by atoms with Gasteiger partial charge in [0.2, 0.25) is 5.88 Å². The Morgan fingerprint density at radius 2 is 1.84 bits per heavy atom. The van der Waals surface area contributed by atoms with Crippen LogP contribution in [0.15, 0.2) is 42.5 Å². The van der Waals surface area contributed by atoms with Gasteiger partial charge in [0.25, 0.3) is 5.92 Å². The Morgan fingerprint density at radius 1 is 1.19 bits per heavy atom. The molecule has 0 aliphatic carbocycles. The lowest BCUT2D eigenvalue weighted by Crippen LogP contribution is -2.46. The quantitative estimate of drug-likeness (QED) is 0.505. The molecule has 1 N–H and O–H groups in total. The SMILES string of the molecule is C=C(C)CN1NC(C(C)(F)F)CC1Oc1cc(C)nc(-c2ccc(C(F)(F)F)cc2)n1. The number of benzene rings is 1. The highest BCUT2D eigenvalue weighted by Gasteiger charge is 2.44. The lowest BCUT2D eigenvalue weighted by atomic mass is 10.1. The Balaban J connectivity index is 1.84. The molecule has 0 bridgehead atoms. The van der Waals surface area contributed by atoms with Crippen molar-refractivity contribution in [3.63, 3.8) is 0 Å². The predicted molar refractivity (Wildman–Crippen MR) is 105 cm³/mol. The van der Waals surface area contributed by atoms with Crippen molar-refractivity contribution in [1.82, 2.24) is 20.4 Å². The minimum Gasteiger partial charge on any atom is -0.457 e. The number of halogens is 5. The number of hydrogen-bond acceptors (Lipinski definition) is 5. The van der Waals surface area contributed by atoms with Gasteiger partial charge in [-0.2, -0.15) is 18.2 Å². The summed E-state index contributed by atoms with van der Waals surface area (Å²) in [6, 6.07) is 4.88. The molecule has 1 aromatic heterocycles. The van der Waals surface area contributed by atoms with Gasteiger partial charge in [-0.3, -0.25) is 0 Å². The summed E-state index contributed by atoms with van der Waals surface area (Å²) in [6.45, 7) is 8.40. The third kappa shape index (κ3) is 5.76. The van der Waals surface area contributed by atoms with Gasteiger partial charge in [-0.05, 0) is 26.0 Å². The largest absolute Gasteiger partial charge is 0.457 e. The fraction of sp³-hybridized carbons (Fsp3) is 0.429. The molecule has 168 valence electrons. The molecule has 0 amide bonds. The molecule has 1 aromatic carbocycles. The van der Waals surface area contributed by atoms with E-state index in [0.717, 1.165) is 24.6 Å². The van der Waals surface area contributed by atoms with Crippen molar-refractivity contribution in [2.45, 2.75) is 51.6 Å². The number of aromatic nitrogens is 2. The summed E-state index contributed by atoms with van der Waals surface area (Å²) in [6.07, 6.45) is -5.17. The average Bonchev–Trinajstić information content (AvgIpc) is 3.03. The number of ether oxygens (including phenoxy) is 1.